The summed E-state index contributed by atoms with van der Waals surface area (Å²) in [5.41, 5.74) is 1.11. The second-order valence-corrected chi connectivity index (χ2v) is 5.47. The highest BCUT2D eigenvalue weighted by molar-refractivity contribution is 6.29. The number of hydrogen-bond acceptors (Lipinski definition) is 7. The monoisotopic (exact) mass is 319 g/mol. The molecule has 3 amide bonds. The average Bonchev–Trinajstić information content (AvgIpc) is 2.51. The molecule has 0 bridgehead atoms. The summed E-state index contributed by atoms with van der Waals surface area (Å²) >= 11 is 0. The quantitative estimate of drug-likeness (QED) is 0.416. The molecule has 0 aliphatic carbocycles. The van der Waals surface area contributed by atoms with Gasteiger partial charge in [0.1, 0.15) is 0 Å². The van der Waals surface area contributed by atoms with Gasteiger partial charge >= 0.3 is 11.8 Å². The predicted molar refractivity (Wildman–Crippen MR) is 83.0 cm³/mol. The number of benzene rings is 1. The summed E-state index contributed by atoms with van der Waals surface area (Å²) in [4.78, 5) is 33.9. The SMILES string of the molecule is CCN1c2cc(C)c(C)cc2N(N)C2=NC(=O)NC(=O)C21OO. The maximum atomic E-state index is 12.4. The maximum Gasteiger partial charge on any atom is 0.349 e. The van der Waals surface area contributed by atoms with Crippen LogP contribution in [0.25, 0.3) is 0 Å². The number of hydrogen-bond donors (Lipinski definition) is 3. The van der Waals surface area contributed by atoms with Crippen LogP contribution in [0.5, 0.6) is 0 Å². The highest BCUT2D eigenvalue weighted by Gasteiger charge is 2.59. The molecule has 0 spiro atoms. The van der Waals surface area contributed by atoms with Gasteiger partial charge in [-0.25, -0.2) is 15.9 Å². The van der Waals surface area contributed by atoms with Crippen LogP contribution in [0, 0.1) is 13.8 Å². The van der Waals surface area contributed by atoms with E-state index in [1.54, 1.807) is 6.92 Å². The second-order valence-electron chi connectivity index (χ2n) is 5.47. The smallest absolute Gasteiger partial charge is 0.325 e. The van der Waals surface area contributed by atoms with Gasteiger partial charge in [0.15, 0.2) is 5.84 Å². The number of hydrazine groups is 1. The molecule has 0 saturated heterocycles. The average molecular weight is 319 g/mol. The Balaban J connectivity index is 2.35. The van der Waals surface area contributed by atoms with E-state index < -0.39 is 17.7 Å². The van der Waals surface area contributed by atoms with Crippen molar-refractivity contribution < 1.29 is 19.7 Å². The number of urea groups is 1. The van der Waals surface area contributed by atoms with Gasteiger partial charge in [-0.15, -0.1) is 0 Å². The largest absolute Gasteiger partial charge is 0.349 e. The van der Waals surface area contributed by atoms with Crippen molar-refractivity contribution in [1.29, 1.82) is 0 Å². The number of aryl methyl sites for hydroxylation is 2. The number of aliphatic imine (C=N–C) groups is 1. The van der Waals surface area contributed by atoms with Crippen molar-refractivity contribution in [1.82, 2.24) is 5.32 Å². The molecule has 4 N–H and O–H groups in total. The molecule has 23 heavy (non-hydrogen) atoms. The number of imide groups is 1. The molecule has 3 rings (SSSR count). The number of carbonyl (C=O) groups is 2. The van der Waals surface area contributed by atoms with E-state index in [-0.39, 0.29) is 5.84 Å². The Labute approximate surface area is 132 Å². The number of rotatable bonds is 2. The van der Waals surface area contributed by atoms with Gasteiger partial charge in [0.25, 0.3) is 5.91 Å². The zero-order chi connectivity index (χ0) is 16.9. The van der Waals surface area contributed by atoms with Crippen LogP contribution in [-0.4, -0.2) is 35.3 Å². The van der Waals surface area contributed by atoms with Crippen LogP contribution in [-0.2, 0) is 9.68 Å². The van der Waals surface area contributed by atoms with E-state index in [9.17, 15) is 14.8 Å². The van der Waals surface area contributed by atoms with Crippen molar-refractivity contribution in [2.75, 3.05) is 16.5 Å². The summed E-state index contributed by atoms with van der Waals surface area (Å²) in [5.74, 6) is 5.04. The Morgan fingerprint density at radius 3 is 2.48 bits per heavy atom. The minimum Gasteiger partial charge on any atom is -0.325 e. The maximum absolute atomic E-state index is 12.4. The standard InChI is InChI=1S/C14H17N5O4/c1-4-18-9-5-7(2)8(3)6-10(9)19(15)11-14(18,23-22)12(20)17-13(21)16-11/h5-6,22H,4,15H2,1-3H3,(H,17,20,21). The lowest BCUT2D eigenvalue weighted by atomic mass is 9.98. The highest BCUT2D eigenvalue weighted by atomic mass is 17.1. The minimum absolute atomic E-state index is 0.189. The number of fused-ring (bicyclic) bond motifs is 2. The van der Waals surface area contributed by atoms with Crippen LogP contribution in [0.1, 0.15) is 18.1 Å². The molecule has 0 aromatic heterocycles. The molecule has 9 heteroatoms. The van der Waals surface area contributed by atoms with Gasteiger partial charge in [0.2, 0.25) is 0 Å². The van der Waals surface area contributed by atoms with Gasteiger partial charge in [-0.1, -0.05) is 0 Å². The van der Waals surface area contributed by atoms with Gasteiger partial charge in [-0.2, -0.15) is 9.88 Å². The van der Waals surface area contributed by atoms with Crippen molar-refractivity contribution in [3.8, 4) is 0 Å². The molecule has 1 aromatic carbocycles. The highest BCUT2D eigenvalue weighted by Crippen LogP contribution is 2.42. The molecule has 0 fully saturated rings. The van der Waals surface area contributed by atoms with Crippen molar-refractivity contribution in [3.63, 3.8) is 0 Å². The lowest BCUT2D eigenvalue weighted by molar-refractivity contribution is -0.291. The Kier molecular flexibility index (Phi) is 3.36. The third-order valence-electron chi connectivity index (χ3n) is 4.24. The summed E-state index contributed by atoms with van der Waals surface area (Å²) in [6, 6.07) is 2.81. The minimum atomic E-state index is -2.01. The van der Waals surface area contributed by atoms with Crippen molar-refractivity contribution in [2.45, 2.75) is 26.5 Å². The number of likely N-dealkylation sites (N-methyl/N-ethyl adjacent to an activating group) is 1. The Bertz CT molecular complexity index is 747. The zero-order valence-electron chi connectivity index (χ0n) is 13.0. The molecule has 1 aromatic rings. The van der Waals surface area contributed by atoms with Crippen LogP contribution < -0.4 is 21.1 Å². The summed E-state index contributed by atoms with van der Waals surface area (Å²) in [7, 11) is 0. The molecule has 1 unspecified atom stereocenters. The van der Waals surface area contributed by atoms with Crippen molar-refractivity contribution in [2.24, 2.45) is 10.8 Å². The molecular weight excluding hydrogens is 302 g/mol. The van der Waals surface area contributed by atoms with Gasteiger partial charge in [-0.3, -0.25) is 15.1 Å². The van der Waals surface area contributed by atoms with Crippen LogP contribution in [0.2, 0.25) is 0 Å². The molecule has 0 radical (unpaired) electrons. The van der Waals surface area contributed by atoms with E-state index in [1.165, 1.54) is 4.90 Å². The first-order valence-electron chi connectivity index (χ1n) is 7.07. The van der Waals surface area contributed by atoms with E-state index in [2.05, 4.69) is 9.88 Å². The van der Waals surface area contributed by atoms with Crippen LogP contribution in [0.3, 0.4) is 0 Å². The molecule has 0 saturated carbocycles. The van der Waals surface area contributed by atoms with E-state index >= 15 is 0 Å². The zero-order valence-corrected chi connectivity index (χ0v) is 13.0. The Morgan fingerprint density at radius 2 is 1.91 bits per heavy atom. The molecule has 2 heterocycles. The van der Waals surface area contributed by atoms with Crippen molar-refractivity contribution >= 4 is 29.1 Å². The van der Waals surface area contributed by atoms with Crippen LogP contribution >= 0.6 is 0 Å². The van der Waals surface area contributed by atoms with E-state index in [0.29, 0.717) is 17.9 Å². The number of anilines is 2. The van der Waals surface area contributed by atoms with Gasteiger partial charge < -0.3 is 4.90 Å². The van der Waals surface area contributed by atoms with Crippen molar-refractivity contribution in [3.05, 3.63) is 23.3 Å². The van der Waals surface area contributed by atoms with Crippen LogP contribution in [0.4, 0.5) is 16.2 Å². The Hall–Kier alpha value is -2.49. The first-order chi connectivity index (χ1) is 10.9. The summed E-state index contributed by atoms with van der Waals surface area (Å²) < 4.78 is 0. The lowest BCUT2D eigenvalue weighted by Crippen LogP contribution is -2.74. The fourth-order valence-electron chi connectivity index (χ4n) is 2.95. The summed E-state index contributed by atoms with van der Waals surface area (Å²) in [6.45, 7) is 5.94. The fraction of sp³-hybridized carbons (Fsp3) is 0.357. The second kappa shape index (κ2) is 5.01. The Morgan fingerprint density at radius 1 is 1.30 bits per heavy atom. The van der Waals surface area contributed by atoms with Gasteiger partial charge in [0, 0.05) is 6.54 Å². The normalized spacial score (nSPS) is 23.3. The lowest BCUT2D eigenvalue weighted by Gasteiger charge is -2.48. The predicted octanol–water partition coefficient (Wildman–Crippen LogP) is 0.658. The number of nitrogens with one attached hydrogen (secondary N) is 1. The van der Waals surface area contributed by atoms with Gasteiger partial charge in [-0.05, 0) is 44.0 Å². The van der Waals surface area contributed by atoms with Crippen LogP contribution in [0.15, 0.2) is 17.1 Å². The number of amides is 3. The van der Waals surface area contributed by atoms with Gasteiger partial charge in [0.05, 0.1) is 11.4 Å². The van der Waals surface area contributed by atoms with E-state index in [1.807, 2.05) is 31.3 Å². The number of amidine groups is 1. The molecular formula is C14H17N5O4. The fourth-order valence-corrected chi connectivity index (χ4v) is 2.95. The number of nitrogens with zero attached hydrogens (tertiary/aromatic N) is 3. The summed E-state index contributed by atoms with van der Waals surface area (Å²) in [5, 5.41) is 12.7. The number of carbonyl (C=O) groups excluding carboxylic acids is 2. The first-order valence-corrected chi connectivity index (χ1v) is 7.07. The van der Waals surface area contributed by atoms with E-state index in [0.717, 1.165) is 16.1 Å². The molecule has 9 nitrogen and oxygen atoms in total. The first kappa shape index (κ1) is 15.4. The molecule has 1 atom stereocenters. The third-order valence-corrected chi connectivity index (χ3v) is 4.24. The molecule has 122 valence electrons. The molecule has 2 aliphatic heterocycles. The molecule has 2 aliphatic rings. The number of nitrogens with two attached hydrogens (primary N) is 1. The summed E-state index contributed by atoms with van der Waals surface area (Å²) in [6.07, 6.45) is 0. The van der Waals surface area contributed by atoms with E-state index in [4.69, 9.17) is 5.84 Å². The topological polar surface area (TPSA) is 120 Å². The third kappa shape index (κ3) is 1.87.